The van der Waals surface area contributed by atoms with Crippen molar-refractivity contribution in [3.8, 4) is 0 Å². The molecule has 0 fully saturated rings. The number of unbranched alkanes of at least 4 members (excludes halogenated alkanes) is 2. The number of rotatable bonds is 8. The minimum atomic E-state index is -4.53. The summed E-state index contributed by atoms with van der Waals surface area (Å²) in [6.07, 6.45) is -5.06. The second-order valence-electron chi connectivity index (χ2n) is 8.05. The highest BCUT2D eigenvalue weighted by Crippen LogP contribution is 2.35. The van der Waals surface area contributed by atoms with Gasteiger partial charge in [0.2, 0.25) is 0 Å². The molecule has 0 heterocycles. The first-order chi connectivity index (χ1) is 14.3. The van der Waals surface area contributed by atoms with Crippen LogP contribution in [-0.4, -0.2) is 29.7 Å². The van der Waals surface area contributed by atoms with Crippen molar-refractivity contribution >= 4 is 28.2 Å². The smallest absolute Gasteiger partial charge is 0.320 e. The van der Waals surface area contributed by atoms with Crippen LogP contribution in [0.4, 0.5) is 26.3 Å². The van der Waals surface area contributed by atoms with E-state index in [2.05, 4.69) is 36.7 Å². The summed E-state index contributed by atoms with van der Waals surface area (Å²) in [4.78, 5) is 0. The quantitative estimate of drug-likeness (QED) is 0.0778. The van der Waals surface area contributed by atoms with Crippen molar-refractivity contribution in [1.29, 1.82) is 0 Å². The Labute approximate surface area is 192 Å². The predicted octanol–water partition coefficient (Wildman–Crippen LogP) is 7.80. The fourth-order valence-corrected chi connectivity index (χ4v) is 3.46. The molecule has 2 aromatic carbocycles. The van der Waals surface area contributed by atoms with Crippen LogP contribution in [0.15, 0.2) is 54.6 Å². The molecule has 0 N–H and O–H groups in total. The van der Waals surface area contributed by atoms with Crippen molar-refractivity contribution in [2.24, 2.45) is 0 Å². The minimum Gasteiger partial charge on any atom is -0.320 e. The zero-order chi connectivity index (χ0) is 23.3. The molecular weight excluding hydrogens is 531 g/mol. The normalized spacial score (nSPS) is 12.7. The summed E-state index contributed by atoms with van der Waals surface area (Å²) in [6.45, 7) is 0.944. The molecule has 0 aliphatic rings. The maximum absolute atomic E-state index is 13.2. The average Bonchev–Trinajstić information content (AvgIpc) is 2.69. The standard InChI is InChI=1S/C23H25F6IN/c1-31(2,16-30)13-5-3-4-12-21(17-8-6-10-19(14-17)22(24,25)26)18-9-7-11-20(15-18)23(27,28)29/h6-12,14-15H,3-5,13,16H2,1-2H3/q+1. The number of alkyl halides is 7. The molecule has 0 radical (unpaired) electrons. The Bertz CT molecular complexity index is 840. The van der Waals surface area contributed by atoms with E-state index in [-0.39, 0.29) is 11.1 Å². The lowest BCUT2D eigenvalue weighted by Gasteiger charge is -2.26. The maximum atomic E-state index is 13.2. The van der Waals surface area contributed by atoms with Crippen LogP contribution in [-0.2, 0) is 12.4 Å². The third kappa shape index (κ3) is 7.82. The van der Waals surface area contributed by atoms with E-state index in [4.69, 9.17) is 0 Å². The number of nitrogens with zero attached hydrogens (tertiary/aromatic N) is 1. The van der Waals surface area contributed by atoms with Gasteiger partial charge >= 0.3 is 12.4 Å². The summed E-state index contributed by atoms with van der Waals surface area (Å²) in [5.41, 5.74) is -0.789. The zero-order valence-electron chi connectivity index (χ0n) is 17.3. The van der Waals surface area contributed by atoms with Gasteiger partial charge in [0.25, 0.3) is 0 Å². The van der Waals surface area contributed by atoms with Gasteiger partial charge in [-0.1, -0.05) is 30.3 Å². The molecule has 0 unspecified atom stereocenters. The molecule has 0 aromatic heterocycles. The van der Waals surface area contributed by atoms with E-state index in [1.54, 1.807) is 6.08 Å². The van der Waals surface area contributed by atoms with Gasteiger partial charge in [0.05, 0.1) is 31.8 Å². The molecule has 1 nitrogen and oxygen atoms in total. The lowest BCUT2D eigenvalue weighted by Crippen LogP contribution is -2.38. The summed E-state index contributed by atoms with van der Waals surface area (Å²) in [5.74, 6) is 0. The van der Waals surface area contributed by atoms with Crippen LogP contribution < -0.4 is 0 Å². The molecule has 0 spiro atoms. The molecular formula is C23H25F6IN+. The number of halogens is 7. The Morgan fingerprint density at radius 3 is 1.74 bits per heavy atom. The number of quaternary nitrogens is 1. The third-order valence-corrected chi connectivity index (χ3v) is 6.74. The SMILES string of the molecule is C[N+](C)(CI)CCCCC=C(c1cccc(C(F)(F)F)c1)c1cccc(C(F)(F)F)c1. The van der Waals surface area contributed by atoms with E-state index in [9.17, 15) is 26.3 Å². The largest absolute Gasteiger partial charge is 0.416 e. The van der Waals surface area contributed by atoms with Gasteiger partial charge in [-0.05, 0) is 82.8 Å². The summed E-state index contributed by atoms with van der Waals surface area (Å²) >= 11 is 2.31. The third-order valence-electron chi connectivity index (χ3n) is 4.89. The molecule has 0 bridgehead atoms. The van der Waals surface area contributed by atoms with Crippen molar-refractivity contribution in [3.63, 3.8) is 0 Å². The Morgan fingerprint density at radius 1 is 0.839 bits per heavy atom. The van der Waals surface area contributed by atoms with Crippen molar-refractivity contribution in [2.75, 3.05) is 25.2 Å². The van der Waals surface area contributed by atoms with E-state index in [0.29, 0.717) is 12.0 Å². The van der Waals surface area contributed by atoms with E-state index >= 15 is 0 Å². The van der Waals surface area contributed by atoms with E-state index in [0.717, 1.165) is 52.7 Å². The fraction of sp³-hybridized carbons (Fsp3) is 0.391. The molecule has 0 amide bonds. The van der Waals surface area contributed by atoms with Gasteiger partial charge in [0.1, 0.15) is 4.55 Å². The van der Waals surface area contributed by atoms with Gasteiger partial charge in [-0.15, -0.1) is 0 Å². The fourth-order valence-electron chi connectivity index (χ4n) is 3.12. The Hall–Kier alpha value is -1.55. The topological polar surface area (TPSA) is 0 Å². The second-order valence-corrected chi connectivity index (χ2v) is 8.73. The van der Waals surface area contributed by atoms with Crippen molar-refractivity contribution in [3.05, 3.63) is 76.9 Å². The van der Waals surface area contributed by atoms with Crippen LogP contribution in [0.2, 0.25) is 0 Å². The average molecular weight is 556 g/mol. The predicted molar refractivity (Wildman–Crippen MR) is 120 cm³/mol. The molecule has 0 atom stereocenters. The van der Waals surface area contributed by atoms with Gasteiger partial charge < -0.3 is 4.48 Å². The number of benzene rings is 2. The number of hydrogen-bond donors (Lipinski definition) is 0. The van der Waals surface area contributed by atoms with Crippen LogP contribution in [0, 0.1) is 0 Å². The van der Waals surface area contributed by atoms with Crippen molar-refractivity contribution in [1.82, 2.24) is 0 Å². The van der Waals surface area contributed by atoms with Gasteiger partial charge in [0, 0.05) is 0 Å². The molecule has 2 aromatic rings. The summed E-state index contributed by atoms with van der Waals surface area (Å²) in [6, 6.07) is 9.44. The van der Waals surface area contributed by atoms with Crippen LogP contribution >= 0.6 is 22.6 Å². The monoisotopic (exact) mass is 556 g/mol. The summed E-state index contributed by atoms with van der Waals surface area (Å²) < 4.78 is 80.9. The number of allylic oxidation sites excluding steroid dienone is 1. The first-order valence-electron chi connectivity index (χ1n) is 9.77. The van der Waals surface area contributed by atoms with Crippen molar-refractivity contribution in [2.45, 2.75) is 31.6 Å². The molecule has 0 aliphatic heterocycles. The lowest BCUT2D eigenvalue weighted by molar-refractivity contribution is -0.874. The van der Waals surface area contributed by atoms with Crippen LogP contribution in [0.25, 0.3) is 5.57 Å². The molecule has 31 heavy (non-hydrogen) atoms. The molecule has 170 valence electrons. The molecule has 0 saturated carbocycles. The van der Waals surface area contributed by atoms with E-state index < -0.39 is 23.5 Å². The van der Waals surface area contributed by atoms with E-state index in [1.165, 1.54) is 24.3 Å². The van der Waals surface area contributed by atoms with Gasteiger partial charge in [0.15, 0.2) is 0 Å². The van der Waals surface area contributed by atoms with Crippen LogP contribution in [0.3, 0.4) is 0 Å². The summed E-state index contributed by atoms with van der Waals surface area (Å²) in [5, 5.41) is 0. The van der Waals surface area contributed by atoms with Crippen LogP contribution in [0.5, 0.6) is 0 Å². The number of hydrogen-bond acceptors (Lipinski definition) is 0. The van der Waals surface area contributed by atoms with Gasteiger partial charge in [-0.2, -0.15) is 26.3 Å². The first kappa shape index (κ1) is 25.7. The second kappa shape index (κ2) is 10.4. The highest BCUT2D eigenvalue weighted by molar-refractivity contribution is 14.1. The zero-order valence-corrected chi connectivity index (χ0v) is 19.5. The van der Waals surface area contributed by atoms with Gasteiger partial charge in [-0.25, -0.2) is 0 Å². The maximum Gasteiger partial charge on any atom is 0.416 e. The lowest BCUT2D eigenvalue weighted by atomic mass is 9.93. The van der Waals surface area contributed by atoms with Crippen molar-refractivity contribution < 1.29 is 30.8 Å². The molecule has 0 saturated heterocycles. The minimum absolute atomic E-state index is 0.248. The molecule has 8 heteroatoms. The Morgan fingerprint density at radius 2 is 1.32 bits per heavy atom. The highest BCUT2D eigenvalue weighted by Gasteiger charge is 2.32. The molecule has 2 rings (SSSR count). The van der Waals surface area contributed by atoms with Gasteiger partial charge in [-0.3, -0.25) is 0 Å². The Balaban J connectivity index is 2.37. The highest BCUT2D eigenvalue weighted by atomic mass is 127. The van der Waals surface area contributed by atoms with Crippen LogP contribution in [0.1, 0.15) is 41.5 Å². The summed E-state index contributed by atoms with van der Waals surface area (Å²) in [7, 11) is 4.22. The van der Waals surface area contributed by atoms with E-state index in [1.807, 2.05) is 0 Å². The first-order valence-corrected chi connectivity index (χ1v) is 11.3. The molecule has 0 aliphatic carbocycles. The Kier molecular flexibility index (Phi) is 8.61.